The average Bonchev–Trinajstić information content (AvgIpc) is 2.82. The van der Waals surface area contributed by atoms with Gasteiger partial charge < -0.3 is 30.5 Å². The lowest BCUT2D eigenvalue weighted by atomic mass is 10.2. The molecule has 0 radical (unpaired) electrons. The fourth-order valence-corrected chi connectivity index (χ4v) is 3.68. The number of ether oxygens (including phenoxy) is 1. The molecule has 0 atom stereocenters. The minimum Gasteiger partial charge on any atom is -0.488 e. The van der Waals surface area contributed by atoms with Crippen molar-refractivity contribution >= 4 is 34.8 Å². The van der Waals surface area contributed by atoms with Crippen molar-refractivity contribution in [2.75, 3.05) is 67.2 Å². The summed E-state index contributed by atoms with van der Waals surface area (Å²) in [6, 6.07) is 11.6. The molecule has 9 nitrogen and oxygen atoms in total. The average molecular weight is 436 g/mol. The third-order valence-electron chi connectivity index (χ3n) is 5.49. The van der Waals surface area contributed by atoms with E-state index in [4.69, 9.17) is 4.74 Å². The third-order valence-corrected chi connectivity index (χ3v) is 5.49. The number of hydrogen-bond donors (Lipinski definition) is 3. The van der Waals surface area contributed by atoms with Crippen LogP contribution in [0.15, 0.2) is 42.6 Å². The minimum absolute atomic E-state index is 0.0423. The quantitative estimate of drug-likeness (QED) is 0.558. The Morgan fingerprint density at radius 3 is 2.62 bits per heavy atom. The van der Waals surface area contributed by atoms with Gasteiger partial charge in [0, 0.05) is 37.6 Å². The Hall–Kier alpha value is -3.66. The highest BCUT2D eigenvalue weighted by Crippen LogP contribution is 2.28. The first kappa shape index (κ1) is 20.3. The molecule has 10 heteroatoms. The first-order valence-corrected chi connectivity index (χ1v) is 10.6. The zero-order valence-corrected chi connectivity index (χ0v) is 17.8. The van der Waals surface area contributed by atoms with Gasteiger partial charge in [0.05, 0.1) is 12.7 Å². The van der Waals surface area contributed by atoms with Crippen LogP contribution in [0.5, 0.6) is 5.75 Å². The van der Waals surface area contributed by atoms with Crippen LogP contribution in [0.25, 0.3) is 0 Å². The van der Waals surface area contributed by atoms with Crippen LogP contribution in [0, 0.1) is 5.82 Å². The molecule has 2 aliphatic heterocycles. The summed E-state index contributed by atoms with van der Waals surface area (Å²) in [4.78, 5) is 17.5. The molecule has 1 fully saturated rings. The summed E-state index contributed by atoms with van der Waals surface area (Å²) in [6.45, 7) is 5.40. The number of rotatable bonds is 5. The van der Waals surface area contributed by atoms with E-state index in [1.807, 2.05) is 12.1 Å². The highest BCUT2D eigenvalue weighted by Gasteiger charge is 2.15. The summed E-state index contributed by atoms with van der Waals surface area (Å²) in [5.74, 6) is 1.52. The monoisotopic (exact) mass is 436 g/mol. The van der Waals surface area contributed by atoms with Gasteiger partial charge in [-0.1, -0.05) is 0 Å². The lowest BCUT2D eigenvalue weighted by Crippen LogP contribution is -2.44. The maximum absolute atomic E-state index is 14.3. The molecular weight excluding hydrogens is 411 g/mol. The van der Waals surface area contributed by atoms with Gasteiger partial charge in [0.15, 0.2) is 23.2 Å². The lowest BCUT2D eigenvalue weighted by Gasteiger charge is -2.34. The fourth-order valence-electron chi connectivity index (χ4n) is 3.68. The predicted molar refractivity (Wildman–Crippen MR) is 123 cm³/mol. The van der Waals surface area contributed by atoms with Gasteiger partial charge in [0.25, 0.3) is 0 Å². The number of nitrogens with one attached hydrogen (secondary N) is 3. The molecule has 3 aromatic rings. The number of benzene rings is 1. The fraction of sp³-hybridized carbons (Fsp3) is 0.318. The molecule has 0 bridgehead atoms. The van der Waals surface area contributed by atoms with Crippen LogP contribution < -0.4 is 25.6 Å². The van der Waals surface area contributed by atoms with Crippen LogP contribution in [0.4, 0.5) is 39.2 Å². The van der Waals surface area contributed by atoms with E-state index in [0.29, 0.717) is 36.5 Å². The summed E-state index contributed by atoms with van der Waals surface area (Å²) in [7, 11) is 2.14. The van der Waals surface area contributed by atoms with E-state index in [2.05, 4.69) is 59.9 Å². The number of piperazine rings is 1. The second kappa shape index (κ2) is 8.83. The van der Waals surface area contributed by atoms with Crippen molar-refractivity contribution in [3.63, 3.8) is 0 Å². The van der Waals surface area contributed by atoms with Gasteiger partial charge in [-0.05, 0) is 43.4 Å². The van der Waals surface area contributed by atoms with Crippen molar-refractivity contribution in [2.45, 2.75) is 0 Å². The van der Waals surface area contributed by atoms with Gasteiger partial charge in [0.2, 0.25) is 5.95 Å². The Labute approximate surface area is 185 Å². The zero-order chi connectivity index (χ0) is 21.9. The highest BCUT2D eigenvalue weighted by molar-refractivity contribution is 5.63. The summed E-state index contributed by atoms with van der Waals surface area (Å²) < 4.78 is 19.8. The Kier molecular flexibility index (Phi) is 5.59. The third kappa shape index (κ3) is 4.50. The molecule has 5 rings (SSSR count). The Balaban J connectivity index is 1.27. The molecule has 0 spiro atoms. The molecule has 0 aliphatic carbocycles. The molecule has 32 heavy (non-hydrogen) atoms. The molecular formula is C22H25FN8O. The number of aromatic nitrogens is 3. The topological polar surface area (TPSA) is 90.5 Å². The molecule has 2 aromatic heterocycles. The standard InChI is InChI=1S/C22H25FN8O/c1-30-9-11-31(12-10-30)16-4-2-15(3-5-16)26-22-25-14-17(23)20(29-22)27-19-7-6-18-21(28-19)24-8-13-32-18/h2-7,14H,8-13H2,1H3,(H3,24,25,26,27,28,29). The number of halogens is 1. The molecule has 1 aromatic carbocycles. The van der Waals surface area contributed by atoms with Crippen LogP contribution in [0.3, 0.4) is 0 Å². The maximum Gasteiger partial charge on any atom is 0.229 e. The van der Waals surface area contributed by atoms with Crippen molar-refractivity contribution in [1.82, 2.24) is 19.9 Å². The smallest absolute Gasteiger partial charge is 0.229 e. The maximum atomic E-state index is 14.3. The number of likely N-dealkylation sites (N-methyl/N-ethyl adjacent to an activating group) is 1. The van der Waals surface area contributed by atoms with Crippen LogP contribution in [-0.2, 0) is 0 Å². The molecule has 0 amide bonds. The highest BCUT2D eigenvalue weighted by atomic mass is 19.1. The Bertz CT molecular complexity index is 1090. The van der Waals surface area contributed by atoms with E-state index in [9.17, 15) is 4.39 Å². The first-order chi connectivity index (χ1) is 15.6. The summed E-state index contributed by atoms with van der Waals surface area (Å²) in [6.07, 6.45) is 1.13. The van der Waals surface area contributed by atoms with Crippen molar-refractivity contribution < 1.29 is 9.13 Å². The van der Waals surface area contributed by atoms with Crippen molar-refractivity contribution in [2.24, 2.45) is 0 Å². The van der Waals surface area contributed by atoms with E-state index < -0.39 is 5.82 Å². The van der Waals surface area contributed by atoms with Crippen LogP contribution in [0.2, 0.25) is 0 Å². The molecule has 166 valence electrons. The molecule has 0 unspecified atom stereocenters. The van der Waals surface area contributed by atoms with Gasteiger partial charge in [-0.3, -0.25) is 0 Å². The molecule has 1 saturated heterocycles. The number of fused-ring (bicyclic) bond motifs is 1. The predicted octanol–water partition coefficient (Wildman–Crippen LogP) is 3.05. The van der Waals surface area contributed by atoms with Gasteiger partial charge in [-0.25, -0.2) is 14.4 Å². The van der Waals surface area contributed by atoms with Crippen molar-refractivity contribution in [3.8, 4) is 5.75 Å². The Morgan fingerprint density at radius 1 is 1.00 bits per heavy atom. The normalized spacial score (nSPS) is 16.0. The van der Waals surface area contributed by atoms with Crippen LogP contribution in [-0.4, -0.2) is 66.2 Å². The molecule has 3 N–H and O–H groups in total. The van der Waals surface area contributed by atoms with Gasteiger partial charge in [-0.15, -0.1) is 0 Å². The second-order valence-corrected chi connectivity index (χ2v) is 7.80. The molecule has 2 aliphatic rings. The Morgan fingerprint density at radius 2 is 1.81 bits per heavy atom. The van der Waals surface area contributed by atoms with Crippen molar-refractivity contribution in [1.29, 1.82) is 0 Å². The van der Waals surface area contributed by atoms with Gasteiger partial charge in [0.1, 0.15) is 12.4 Å². The number of hydrogen-bond acceptors (Lipinski definition) is 9. The van der Waals surface area contributed by atoms with E-state index in [0.717, 1.165) is 38.1 Å². The van der Waals surface area contributed by atoms with E-state index in [1.54, 1.807) is 12.1 Å². The first-order valence-electron chi connectivity index (χ1n) is 10.6. The summed E-state index contributed by atoms with van der Waals surface area (Å²) in [5, 5.41) is 9.21. The second-order valence-electron chi connectivity index (χ2n) is 7.80. The van der Waals surface area contributed by atoms with Gasteiger partial charge >= 0.3 is 0 Å². The molecule has 0 saturated carbocycles. The van der Waals surface area contributed by atoms with Crippen LogP contribution >= 0.6 is 0 Å². The zero-order valence-electron chi connectivity index (χ0n) is 17.8. The van der Waals surface area contributed by atoms with E-state index in [-0.39, 0.29) is 5.82 Å². The van der Waals surface area contributed by atoms with Crippen molar-refractivity contribution in [3.05, 3.63) is 48.4 Å². The SMILES string of the molecule is CN1CCN(c2ccc(Nc3ncc(F)c(Nc4ccc5c(n4)NCCO5)n3)cc2)CC1. The minimum atomic E-state index is -0.565. The van der Waals surface area contributed by atoms with Crippen LogP contribution in [0.1, 0.15) is 0 Å². The van der Waals surface area contributed by atoms with Gasteiger partial charge in [-0.2, -0.15) is 4.98 Å². The largest absolute Gasteiger partial charge is 0.488 e. The number of pyridine rings is 1. The van der Waals surface area contributed by atoms with E-state index in [1.165, 1.54) is 5.69 Å². The molecule has 4 heterocycles. The number of anilines is 6. The summed E-state index contributed by atoms with van der Waals surface area (Å²) >= 11 is 0. The summed E-state index contributed by atoms with van der Waals surface area (Å²) in [5.41, 5.74) is 2.01. The number of nitrogens with zero attached hydrogens (tertiary/aromatic N) is 5. The lowest BCUT2D eigenvalue weighted by molar-refractivity contribution is 0.313. The van der Waals surface area contributed by atoms with E-state index >= 15 is 0 Å².